The van der Waals surface area contributed by atoms with Crippen molar-refractivity contribution in [3.8, 4) is 0 Å². The molecule has 3 heterocycles. The lowest BCUT2D eigenvalue weighted by Gasteiger charge is -2.34. The monoisotopic (exact) mass is 361 g/mol. The number of aryl methyl sites for hydroxylation is 1. The van der Waals surface area contributed by atoms with Crippen molar-refractivity contribution in [1.82, 2.24) is 19.8 Å². The van der Waals surface area contributed by atoms with E-state index in [1.165, 1.54) is 18.0 Å². The molecule has 9 heteroatoms. The molecule has 1 fully saturated rings. The number of carbonyl (C=O) groups excluding carboxylic acids is 2. The van der Waals surface area contributed by atoms with E-state index in [1.807, 2.05) is 6.92 Å². The number of aromatic nitrogens is 2. The highest BCUT2D eigenvalue weighted by Crippen LogP contribution is 2.17. The van der Waals surface area contributed by atoms with Gasteiger partial charge in [-0.25, -0.2) is 9.97 Å². The van der Waals surface area contributed by atoms with Crippen molar-refractivity contribution >= 4 is 29.4 Å². The molecule has 1 saturated heterocycles. The topological polar surface area (TPSA) is 106 Å². The van der Waals surface area contributed by atoms with E-state index in [9.17, 15) is 9.59 Å². The van der Waals surface area contributed by atoms with Crippen molar-refractivity contribution in [3.63, 3.8) is 0 Å². The van der Waals surface area contributed by atoms with Gasteiger partial charge in [0.25, 0.3) is 5.91 Å². The van der Waals surface area contributed by atoms with Crippen LogP contribution in [0, 0.1) is 6.92 Å². The van der Waals surface area contributed by atoms with Gasteiger partial charge in [0, 0.05) is 37.9 Å². The summed E-state index contributed by atoms with van der Waals surface area (Å²) in [5.74, 6) is 0.820. The van der Waals surface area contributed by atoms with Crippen molar-refractivity contribution < 1.29 is 14.0 Å². The maximum absolute atomic E-state index is 12.3. The van der Waals surface area contributed by atoms with Gasteiger partial charge in [0.15, 0.2) is 10.9 Å². The van der Waals surface area contributed by atoms with Crippen molar-refractivity contribution in [1.29, 1.82) is 0 Å². The van der Waals surface area contributed by atoms with Gasteiger partial charge < -0.3 is 20.0 Å². The molecule has 132 valence electrons. The van der Waals surface area contributed by atoms with E-state index < -0.39 is 0 Å². The van der Waals surface area contributed by atoms with Crippen molar-refractivity contribution in [2.45, 2.75) is 12.1 Å². The Kier molecular flexibility index (Phi) is 5.22. The van der Waals surface area contributed by atoms with Crippen LogP contribution in [0.5, 0.6) is 0 Å². The Morgan fingerprint density at radius 1 is 1.24 bits per heavy atom. The van der Waals surface area contributed by atoms with Gasteiger partial charge in [-0.05, 0) is 19.1 Å². The molecule has 25 heavy (non-hydrogen) atoms. The first kappa shape index (κ1) is 17.3. The average molecular weight is 361 g/mol. The van der Waals surface area contributed by atoms with Gasteiger partial charge in [-0.15, -0.1) is 0 Å². The summed E-state index contributed by atoms with van der Waals surface area (Å²) in [4.78, 5) is 36.4. The first-order chi connectivity index (χ1) is 12.0. The van der Waals surface area contributed by atoms with E-state index in [-0.39, 0.29) is 17.6 Å². The van der Waals surface area contributed by atoms with E-state index >= 15 is 0 Å². The average Bonchev–Trinajstić information content (AvgIpc) is 3.13. The van der Waals surface area contributed by atoms with Gasteiger partial charge in [-0.2, -0.15) is 0 Å². The number of hydrogen-bond acceptors (Lipinski definition) is 7. The maximum Gasteiger partial charge on any atom is 0.289 e. The number of thioether (sulfide) groups is 1. The second-order valence-electron chi connectivity index (χ2n) is 5.66. The van der Waals surface area contributed by atoms with Crippen LogP contribution in [0.4, 0.5) is 5.82 Å². The van der Waals surface area contributed by atoms with Gasteiger partial charge in [0.05, 0.1) is 12.0 Å². The summed E-state index contributed by atoms with van der Waals surface area (Å²) in [6.07, 6.45) is 1.48. The minimum Gasteiger partial charge on any atom is -0.459 e. The highest BCUT2D eigenvalue weighted by atomic mass is 32.2. The fourth-order valence-electron chi connectivity index (χ4n) is 2.56. The summed E-state index contributed by atoms with van der Waals surface area (Å²) in [6, 6.07) is 5.01. The molecule has 0 radical (unpaired) electrons. The van der Waals surface area contributed by atoms with E-state index in [1.54, 1.807) is 28.0 Å². The minimum absolute atomic E-state index is 0.00113. The summed E-state index contributed by atoms with van der Waals surface area (Å²) < 4.78 is 5.13. The van der Waals surface area contributed by atoms with E-state index in [4.69, 9.17) is 10.2 Å². The molecule has 1 aliphatic heterocycles. The predicted octanol–water partition coefficient (Wildman–Crippen LogP) is 1.04. The second kappa shape index (κ2) is 7.56. The number of piperazine rings is 1. The second-order valence-corrected chi connectivity index (χ2v) is 6.60. The smallest absolute Gasteiger partial charge is 0.289 e. The molecule has 0 aromatic carbocycles. The summed E-state index contributed by atoms with van der Waals surface area (Å²) in [6.45, 7) is 3.82. The highest BCUT2D eigenvalue weighted by molar-refractivity contribution is 7.99. The normalized spacial score (nSPS) is 14.6. The molecule has 2 aromatic rings. The highest BCUT2D eigenvalue weighted by Gasteiger charge is 2.26. The molecule has 0 aliphatic carbocycles. The Hall–Kier alpha value is -2.55. The van der Waals surface area contributed by atoms with Crippen LogP contribution in [0.2, 0.25) is 0 Å². The fraction of sp³-hybridized carbons (Fsp3) is 0.375. The van der Waals surface area contributed by atoms with Crippen LogP contribution >= 0.6 is 11.8 Å². The Labute approximate surface area is 149 Å². The number of nitrogens with zero attached hydrogens (tertiary/aromatic N) is 4. The maximum atomic E-state index is 12.3. The number of nitrogens with two attached hydrogens (primary N) is 1. The lowest BCUT2D eigenvalue weighted by Crippen LogP contribution is -2.51. The van der Waals surface area contributed by atoms with Crippen LogP contribution in [0.1, 0.15) is 16.2 Å². The standard InChI is InChI=1S/C16H19N5O3S/c1-11-9-13(17)19-16(18-11)25-10-14(22)20-4-6-21(7-5-20)15(23)12-3-2-8-24-12/h2-3,8-9H,4-7,10H2,1H3,(H2,17,18,19). The number of rotatable bonds is 4. The zero-order chi connectivity index (χ0) is 17.8. The molecule has 1 aliphatic rings. The zero-order valence-electron chi connectivity index (χ0n) is 13.8. The van der Waals surface area contributed by atoms with Crippen molar-refractivity contribution in [3.05, 3.63) is 35.9 Å². The van der Waals surface area contributed by atoms with E-state index in [2.05, 4.69) is 9.97 Å². The van der Waals surface area contributed by atoms with Gasteiger partial charge >= 0.3 is 0 Å². The quantitative estimate of drug-likeness (QED) is 0.640. The number of hydrogen-bond donors (Lipinski definition) is 1. The number of carbonyl (C=O) groups is 2. The zero-order valence-corrected chi connectivity index (χ0v) is 14.7. The molecule has 0 bridgehead atoms. The molecule has 3 rings (SSSR count). The molecular weight excluding hydrogens is 342 g/mol. The van der Waals surface area contributed by atoms with Crippen molar-refractivity contribution in [2.75, 3.05) is 37.7 Å². The van der Waals surface area contributed by atoms with Gasteiger partial charge in [-0.1, -0.05) is 11.8 Å². The summed E-state index contributed by atoms with van der Waals surface area (Å²) in [5.41, 5.74) is 6.46. The van der Waals surface area contributed by atoms with Crippen LogP contribution < -0.4 is 5.73 Å². The van der Waals surface area contributed by atoms with E-state index in [0.29, 0.717) is 42.9 Å². The third-order valence-electron chi connectivity index (χ3n) is 3.83. The molecular formula is C16H19N5O3S. The fourth-order valence-corrected chi connectivity index (χ4v) is 3.38. The molecule has 0 atom stereocenters. The molecule has 2 aromatic heterocycles. The molecule has 2 amide bonds. The van der Waals surface area contributed by atoms with Gasteiger partial charge in [0.1, 0.15) is 5.82 Å². The minimum atomic E-state index is -0.143. The Morgan fingerprint density at radius 2 is 1.96 bits per heavy atom. The van der Waals surface area contributed by atoms with Crippen LogP contribution in [0.15, 0.2) is 34.0 Å². The molecule has 0 unspecified atom stereocenters. The number of nitrogen functional groups attached to an aromatic ring is 1. The van der Waals surface area contributed by atoms with Gasteiger partial charge in [0.2, 0.25) is 5.91 Å². The molecule has 0 saturated carbocycles. The third kappa shape index (κ3) is 4.30. The summed E-state index contributed by atoms with van der Waals surface area (Å²) in [7, 11) is 0. The van der Waals surface area contributed by atoms with Crippen LogP contribution in [0.3, 0.4) is 0 Å². The van der Waals surface area contributed by atoms with Gasteiger partial charge in [-0.3, -0.25) is 9.59 Å². The van der Waals surface area contributed by atoms with Crippen LogP contribution in [-0.4, -0.2) is 63.5 Å². The predicted molar refractivity (Wildman–Crippen MR) is 93.1 cm³/mol. The Bertz CT molecular complexity index is 737. The molecule has 0 spiro atoms. The largest absolute Gasteiger partial charge is 0.459 e. The van der Waals surface area contributed by atoms with Crippen LogP contribution in [-0.2, 0) is 4.79 Å². The van der Waals surface area contributed by atoms with Crippen molar-refractivity contribution in [2.24, 2.45) is 0 Å². The summed E-state index contributed by atoms with van der Waals surface area (Å²) >= 11 is 1.27. The number of furan rings is 1. The molecule has 2 N–H and O–H groups in total. The van der Waals surface area contributed by atoms with E-state index in [0.717, 1.165) is 5.69 Å². The number of anilines is 1. The lowest BCUT2D eigenvalue weighted by molar-refractivity contribution is -0.129. The molecule has 8 nitrogen and oxygen atoms in total. The SMILES string of the molecule is Cc1cc(N)nc(SCC(=O)N2CCN(C(=O)c3ccco3)CC2)n1. The Morgan fingerprint density at radius 3 is 2.60 bits per heavy atom. The Balaban J connectivity index is 1.49. The lowest BCUT2D eigenvalue weighted by atomic mass is 10.3. The number of amides is 2. The van der Waals surface area contributed by atoms with Crippen LogP contribution in [0.25, 0.3) is 0 Å². The first-order valence-electron chi connectivity index (χ1n) is 7.87. The third-order valence-corrected chi connectivity index (χ3v) is 4.66. The first-order valence-corrected chi connectivity index (χ1v) is 8.86. The summed E-state index contributed by atoms with van der Waals surface area (Å²) in [5, 5.41) is 0.498.